The molecule has 1 fully saturated rings. The second-order valence-corrected chi connectivity index (χ2v) is 8.90. The molecule has 3 aromatic rings. The summed E-state index contributed by atoms with van der Waals surface area (Å²) in [4.78, 5) is 4.96. The minimum atomic E-state index is 0.243. The molecule has 1 saturated heterocycles. The van der Waals surface area contributed by atoms with Gasteiger partial charge in [-0.3, -0.25) is 0 Å². The first-order valence-corrected chi connectivity index (χ1v) is 11.8. The van der Waals surface area contributed by atoms with Crippen LogP contribution in [0.3, 0.4) is 0 Å². The van der Waals surface area contributed by atoms with E-state index >= 15 is 0 Å². The molecule has 7 heteroatoms. The molecule has 2 aromatic heterocycles. The Balaban J connectivity index is 1.39. The molecule has 6 rings (SSSR count). The molecule has 0 radical (unpaired) electrons. The van der Waals surface area contributed by atoms with Crippen LogP contribution in [-0.2, 0) is 0 Å². The number of methoxy groups -OCH3 is 1. The van der Waals surface area contributed by atoms with Crippen LogP contribution in [0, 0.1) is 0 Å². The van der Waals surface area contributed by atoms with E-state index in [4.69, 9.17) is 14.5 Å². The van der Waals surface area contributed by atoms with Gasteiger partial charge >= 0.3 is 0 Å². The van der Waals surface area contributed by atoms with Crippen LogP contribution in [0.4, 0.5) is 0 Å². The summed E-state index contributed by atoms with van der Waals surface area (Å²) in [6.07, 6.45) is 11.0. The Labute approximate surface area is 193 Å². The molecular weight excluding hydrogens is 414 g/mol. The van der Waals surface area contributed by atoms with Crippen molar-refractivity contribution in [3.05, 3.63) is 59.8 Å². The third-order valence-electron chi connectivity index (χ3n) is 6.77. The first-order valence-electron chi connectivity index (χ1n) is 11.8. The second kappa shape index (κ2) is 8.65. The Bertz CT molecular complexity index is 1240. The summed E-state index contributed by atoms with van der Waals surface area (Å²) in [6, 6.07) is 11.1. The zero-order chi connectivity index (χ0) is 22.2. The second-order valence-electron chi connectivity index (χ2n) is 8.90. The standard InChI is InChI=1S/C26H29N5O2/c1-32-24-10-9-23-29-25(26(31(23)30-24)17-5-3-2-4-6-17)18-7-8-20-21(16-33-22(20)15-18)28-19-11-13-27-14-12-19/h3,5-10,15,19,21,27-28H,2,4,11-14,16H2,1H3/t21-/m0/s1. The smallest absolute Gasteiger partial charge is 0.231 e. The molecule has 1 aromatic carbocycles. The van der Waals surface area contributed by atoms with Crippen LogP contribution >= 0.6 is 0 Å². The number of allylic oxidation sites excluding steroid dienone is 4. The van der Waals surface area contributed by atoms with Crippen molar-refractivity contribution in [3.63, 3.8) is 0 Å². The summed E-state index contributed by atoms with van der Waals surface area (Å²) in [5, 5.41) is 11.9. The van der Waals surface area contributed by atoms with Crippen molar-refractivity contribution in [2.75, 3.05) is 26.8 Å². The number of piperidine rings is 1. The molecule has 1 aliphatic carbocycles. The number of imidazole rings is 1. The van der Waals surface area contributed by atoms with Gasteiger partial charge in [-0.1, -0.05) is 30.4 Å². The Morgan fingerprint density at radius 3 is 2.88 bits per heavy atom. The van der Waals surface area contributed by atoms with E-state index in [2.05, 4.69) is 52.2 Å². The SMILES string of the molecule is COc1ccc2nc(-c3ccc4c(c3)OC[C@@H]4NC3CCNCC3)c(C3=CCCC=C3)n2n1. The Morgan fingerprint density at radius 2 is 2.06 bits per heavy atom. The molecule has 2 aliphatic heterocycles. The van der Waals surface area contributed by atoms with Crippen LogP contribution in [0.5, 0.6) is 11.6 Å². The van der Waals surface area contributed by atoms with Crippen LogP contribution in [0.2, 0.25) is 0 Å². The van der Waals surface area contributed by atoms with Crippen LogP contribution in [-0.4, -0.2) is 47.4 Å². The highest BCUT2D eigenvalue weighted by molar-refractivity contribution is 5.85. The number of aromatic nitrogens is 3. The molecule has 0 bridgehead atoms. The lowest BCUT2D eigenvalue weighted by Crippen LogP contribution is -2.41. The van der Waals surface area contributed by atoms with Gasteiger partial charge in [0.15, 0.2) is 5.65 Å². The van der Waals surface area contributed by atoms with Gasteiger partial charge in [0.2, 0.25) is 5.88 Å². The lowest BCUT2D eigenvalue weighted by Gasteiger charge is -2.26. The molecule has 0 amide bonds. The highest BCUT2D eigenvalue weighted by atomic mass is 16.5. The number of nitrogens with one attached hydrogen (secondary N) is 2. The van der Waals surface area contributed by atoms with Crippen molar-refractivity contribution < 1.29 is 9.47 Å². The van der Waals surface area contributed by atoms with E-state index in [1.807, 2.05) is 16.6 Å². The van der Waals surface area contributed by atoms with Crippen molar-refractivity contribution in [2.24, 2.45) is 0 Å². The van der Waals surface area contributed by atoms with Crippen LogP contribution in [0.25, 0.3) is 22.5 Å². The number of fused-ring (bicyclic) bond motifs is 2. The van der Waals surface area contributed by atoms with E-state index in [9.17, 15) is 0 Å². The zero-order valence-electron chi connectivity index (χ0n) is 18.9. The van der Waals surface area contributed by atoms with Gasteiger partial charge in [0.25, 0.3) is 0 Å². The maximum atomic E-state index is 6.13. The van der Waals surface area contributed by atoms with E-state index in [0.717, 1.165) is 72.7 Å². The number of ether oxygens (including phenoxy) is 2. The minimum Gasteiger partial charge on any atom is -0.491 e. The Hall–Kier alpha value is -3.16. The fraction of sp³-hybridized carbons (Fsp3) is 0.385. The average molecular weight is 444 g/mol. The molecule has 1 atom stereocenters. The van der Waals surface area contributed by atoms with Crippen molar-refractivity contribution >= 4 is 11.2 Å². The molecule has 2 N–H and O–H groups in total. The summed E-state index contributed by atoms with van der Waals surface area (Å²) in [6.45, 7) is 2.83. The summed E-state index contributed by atoms with van der Waals surface area (Å²) < 4.78 is 13.4. The normalized spacial score (nSPS) is 20.5. The van der Waals surface area contributed by atoms with Gasteiger partial charge in [-0.05, 0) is 56.5 Å². The average Bonchev–Trinajstić information content (AvgIpc) is 3.45. The van der Waals surface area contributed by atoms with E-state index in [-0.39, 0.29) is 6.04 Å². The number of benzene rings is 1. The Kier molecular flexibility index (Phi) is 5.36. The van der Waals surface area contributed by atoms with E-state index in [0.29, 0.717) is 18.5 Å². The molecule has 3 aliphatic rings. The number of hydrogen-bond donors (Lipinski definition) is 2. The van der Waals surface area contributed by atoms with E-state index in [1.165, 1.54) is 5.56 Å². The molecule has 7 nitrogen and oxygen atoms in total. The first-order chi connectivity index (χ1) is 16.3. The molecule has 0 saturated carbocycles. The summed E-state index contributed by atoms with van der Waals surface area (Å²) >= 11 is 0. The van der Waals surface area contributed by atoms with Crippen LogP contribution in [0.1, 0.15) is 43.0 Å². The summed E-state index contributed by atoms with van der Waals surface area (Å²) in [7, 11) is 1.64. The van der Waals surface area contributed by atoms with E-state index in [1.54, 1.807) is 7.11 Å². The van der Waals surface area contributed by atoms with Crippen LogP contribution in [0.15, 0.2) is 48.6 Å². The van der Waals surface area contributed by atoms with Gasteiger partial charge in [0.05, 0.1) is 18.8 Å². The Morgan fingerprint density at radius 1 is 1.15 bits per heavy atom. The van der Waals surface area contributed by atoms with E-state index < -0.39 is 0 Å². The molecule has 33 heavy (non-hydrogen) atoms. The summed E-state index contributed by atoms with van der Waals surface area (Å²) in [5.74, 6) is 1.51. The highest BCUT2D eigenvalue weighted by Crippen LogP contribution is 2.39. The third kappa shape index (κ3) is 3.81. The minimum absolute atomic E-state index is 0.243. The number of hydrogen-bond acceptors (Lipinski definition) is 6. The summed E-state index contributed by atoms with van der Waals surface area (Å²) in [5.41, 5.74) is 6.11. The predicted octanol–water partition coefficient (Wildman–Crippen LogP) is 3.91. The van der Waals surface area contributed by atoms with Crippen molar-refractivity contribution in [1.82, 2.24) is 25.2 Å². The zero-order valence-corrected chi connectivity index (χ0v) is 18.9. The largest absolute Gasteiger partial charge is 0.491 e. The maximum Gasteiger partial charge on any atom is 0.231 e. The van der Waals surface area contributed by atoms with Gasteiger partial charge in [-0.2, -0.15) is 0 Å². The first kappa shape index (κ1) is 20.4. The monoisotopic (exact) mass is 443 g/mol. The van der Waals surface area contributed by atoms with Crippen molar-refractivity contribution in [3.8, 4) is 22.9 Å². The van der Waals surface area contributed by atoms with Crippen molar-refractivity contribution in [2.45, 2.75) is 37.8 Å². The van der Waals surface area contributed by atoms with Gasteiger partial charge in [-0.15, -0.1) is 5.10 Å². The molecule has 4 heterocycles. The van der Waals surface area contributed by atoms with Gasteiger partial charge in [0.1, 0.15) is 18.1 Å². The molecule has 0 unspecified atom stereocenters. The van der Waals surface area contributed by atoms with Gasteiger partial charge in [0, 0.05) is 23.2 Å². The van der Waals surface area contributed by atoms with Crippen molar-refractivity contribution in [1.29, 1.82) is 0 Å². The quantitative estimate of drug-likeness (QED) is 0.623. The molecular formula is C26H29N5O2. The maximum absolute atomic E-state index is 6.13. The number of rotatable bonds is 5. The molecule has 0 spiro atoms. The number of nitrogens with zero attached hydrogens (tertiary/aromatic N) is 3. The fourth-order valence-corrected chi connectivity index (χ4v) is 5.04. The van der Waals surface area contributed by atoms with Gasteiger partial charge < -0.3 is 20.1 Å². The predicted molar refractivity (Wildman–Crippen MR) is 129 cm³/mol. The lowest BCUT2D eigenvalue weighted by molar-refractivity contribution is 0.279. The molecule has 170 valence electrons. The topological polar surface area (TPSA) is 72.7 Å². The lowest BCUT2D eigenvalue weighted by atomic mass is 9.98. The van der Waals surface area contributed by atoms with Gasteiger partial charge in [-0.25, -0.2) is 9.50 Å². The fourth-order valence-electron chi connectivity index (χ4n) is 5.04. The third-order valence-corrected chi connectivity index (χ3v) is 6.77. The highest BCUT2D eigenvalue weighted by Gasteiger charge is 2.28. The van der Waals surface area contributed by atoms with Crippen LogP contribution < -0.4 is 20.1 Å².